The molecule has 0 bridgehead atoms. The number of hydrogen-bond acceptors (Lipinski definition) is 2. The molecule has 1 aromatic rings. The number of nitrogens with one attached hydrogen (secondary N) is 1. The lowest BCUT2D eigenvalue weighted by atomic mass is 9.85. The summed E-state index contributed by atoms with van der Waals surface area (Å²) in [6.07, 6.45) is 4.28. The molecule has 0 radical (unpaired) electrons. The maximum atomic E-state index is 12.5. The molecule has 1 fully saturated rings. The van der Waals surface area contributed by atoms with Gasteiger partial charge >= 0.3 is 0 Å². The fraction of sp³-hybridized carbons (Fsp3) is 0.500. The zero-order valence-corrected chi connectivity index (χ0v) is 11.3. The standard InChI is InChI=1S/C14H17ClN2O/c1-17-9-14(6-2-3-7-14)13(18)16-11-8-10(15)4-5-12(11)17/h4-5,8H,2-3,6-7,9H2,1H3,(H,16,18). The third kappa shape index (κ3) is 1.77. The summed E-state index contributed by atoms with van der Waals surface area (Å²) in [6, 6.07) is 5.68. The Balaban J connectivity index is 2.03. The van der Waals surface area contributed by atoms with E-state index >= 15 is 0 Å². The Labute approximate surface area is 112 Å². The first-order chi connectivity index (χ1) is 8.61. The quantitative estimate of drug-likeness (QED) is 0.780. The van der Waals surface area contributed by atoms with Crippen molar-refractivity contribution < 1.29 is 4.79 Å². The zero-order valence-electron chi connectivity index (χ0n) is 10.5. The van der Waals surface area contributed by atoms with E-state index < -0.39 is 0 Å². The predicted octanol–water partition coefficient (Wildman–Crippen LogP) is 3.29. The average molecular weight is 265 g/mol. The number of anilines is 2. The minimum atomic E-state index is -0.208. The highest BCUT2D eigenvalue weighted by Crippen LogP contribution is 2.44. The molecule has 3 nitrogen and oxygen atoms in total. The van der Waals surface area contributed by atoms with Gasteiger partial charge in [-0.2, -0.15) is 0 Å². The number of amides is 1. The topological polar surface area (TPSA) is 32.3 Å². The lowest BCUT2D eigenvalue weighted by Crippen LogP contribution is -2.40. The molecule has 1 spiro atoms. The first-order valence-electron chi connectivity index (χ1n) is 6.43. The van der Waals surface area contributed by atoms with E-state index in [1.807, 2.05) is 25.2 Å². The van der Waals surface area contributed by atoms with Crippen LogP contribution < -0.4 is 10.2 Å². The summed E-state index contributed by atoms with van der Waals surface area (Å²) in [5.41, 5.74) is 1.68. The number of benzene rings is 1. The van der Waals surface area contributed by atoms with Gasteiger partial charge < -0.3 is 10.2 Å². The van der Waals surface area contributed by atoms with E-state index in [-0.39, 0.29) is 11.3 Å². The Morgan fingerprint density at radius 3 is 2.78 bits per heavy atom. The summed E-state index contributed by atoms with van der Waals surface area (Å²) >= 11 is 6.01. The summed E-state index contributed by atoms with van der Waals surface area (Å²) in [4.78, 5) is 14.7. The van der Waals surface area contributed by atoms with Crippen LogP contribution in [-0.2, 0) is 4.79 Å². The summed E-state index contributed by atoms with van der Waals surface area (Å²) in [6.45, 7) is 0.799. The molecule has 3 rings (SSSR count). The van der Waals surface area contributed by atoms with Crippen LogP contribution in [-0.4, -0.2) is 19.5 Å². The van der Waals surface area contributed by atoms with Crippen LogP contribution in [0.1, 0.15) is 25.7 Å². The number of hydrogen-bond donors (Lipinski definition) is 1. The van der Waals surface area contributed by atoms with E-state index in [1.165, 1.54) is 0 Å². The molecule has 1 aliphatic carbocycles. The van der Waals surface area contributed by atoms with E-state index in [4.69, 9.17) is 11.6 Å². The van der Waals surface area contributed by atoms with Gasteiger partial charge in [-0.25, -0.2) is 0 Å². The van der Waals surface area contributed by atoms with Crippen LogP contribution in [0.3, 0.4) is 0 Å². The molecule has 0 saturated heterocycles. The second kappa shape index (κ2) is 4.16. The van der Waals surface area contributed by atoms with Crippen molar-refractivity contribution in [3.63, 3.8) is 0 Å². The number of carbonyl (C=O) groups excluding carboxylic acids is 1. The molecular weight excluding hydrogens is 248 g/mol. The maximum Gasteiger partial charge on any atom is 0.232 e. The van der Waals surface area contributed by atoms with Crippen molar-refractivity contribution in [2.75, 3.05) is 23.8 Å². The van der Waals surface area contributed by atoms with E-state index in [1.54, 1.807) is 0 Å². The van der Waals surface area contributed by atoms with E-state index in [0.717, 1.165) is 43.6 Å². The summed E-state index contributed by atoms with van der Waals surface area (Å²) in [5, 5.41) is 3.72. The second-order valence-corrected chi connectivity index (χ2v) is 5.90. The van der Waals surface area contributed by atoms with Crippen molar-refractivity contribution in [1.82, 2.24) is 0 Å². The molecule has 1 heterocycles. The normalized spacial score (nSPS) is 21.7. The molecule has 1 aliphatic heterocycles. The van der Waals surface area contributed by atoms with Crippen LogP contribution in [0.15, 0.2) is 18.2 Å². The Morgan fingerprint density at radius 1 is 1.33 bits per heavy atom. The number of halogens is 1. The van der Waals surface area contributed by atoms with Gasteiger partial charge in [-0.15, -0.1) is 0 Å². The summed E-state index contributed by atoms with van der Waals surface area (Å²) in [7, 11) is 2.05. The second-order valence-electron chi connectivity index (χ2n) is 5.46. The Hall–Kier alpha value is -1.22. The van der Waals surface area contributed by atoms with Gasteiger partial charge in [0.2, 0.25) is 5.91 Å². The molecular formula is C14H17ClN2O. The molecule has 1 amide bonds. The van der Waals surface area contributed by atoms with Crippen LogP contribution in [0.25, 0.3) is 0 Å². The van der Waals surface area contributed by atoms with E-state index in [9.17, 15) is 4.79 Å². The van der Waals surface area contributed by atoms with Gasteiger partial charge in [0.15, 0.2) is 0 Å². The van der Waals surface area contributed by atoms with E-state index in [0.29, 0.717) is 5.02 Å². The van der Waals surface area contributed by atoms with Crippen molar-refractivity contribution >= 4 is 28.9 Å². The van der Waals surface area contributed by atoms with Crippen LogP contribution in [0.4, 0.5) is 11.4 Å². The maximum absolute atomic E-state index is 12.5. The van der Waals surface area contributed by atoms with Gasteiger partial charge in [0.1, 0.15) is 0 Å². The van der Waals surface area contributed by atoms with Crippen molar-refractivity contribution in [2.45, 2.75) is 25.7 Å². The van der Waals surface area contributed by atoms with Crippen molar-refractivity contribution in [2.24, 2.45) is 5.41 Å². The molecule has 1 N–H and O–H groups in total. The SMILES string of the molecule is CN1CC2(CCCC2)C(=O)Nc2cc(Cl)ccc21. The molecule has 1 aromatic carbocycles. The average Bonchev–Trinajstić information content (AvgIpc) is 2.75. The highest BCUT2D eigenvalue weighted by molar-refractivity contribution is 6.31. The number of rotatable bonds is 0. The minimum Gasteiger partial charge on any atom is -0.372 e. The lowest BCUT2D eigenvalue weighted by molar-refractivity contribution is -0.124. The molecule has 18 heavy (non-hydrogen) atoms. The molecule has 0 unspecified atom stereocenters. The summed E-state index contributed by atoms with van der Waals surface area (Å²) < 4.78 is 0. The Morgan fingerprint density at radius 2 is 2.06 bits per heavy atom. The smallest absolute Gasteiger partial charge is 0.232 e. The molecule has 0 atom stereocenters. The molecule has 1 saturated carbocycles. The monoisotopic (exact) mass is 264 g/mol. The van der Waals surface area contributed by atoms with Gasteiger partial charge in [0.25, 0.3) is 0 Å². The van der Waals surface area contributed by atoms with Gasteiger partial charge in [-0.05, 0) is 31.0 Å². The highest BCUT2D eigenvalue weighted by atomic mass is 35.5. The third-order valence-electron chi connectivity index (χ3n) is 4.20. The van der Waals surface area contributed by atoms with Crippen molar-refractivity contribution in [1.29, 1.82) is 0 Å². The molecule has 4 heteroatoms. The van der Waals surface area contributed by atoms with Gasteiger partial charge in [0, 0.05) is 18.6 Å². The highest BCUT2D eigenvalue weighted by Gasteiger charge is 2.44. The van der Waals surface area contributed by atoms with Crippen LogP contribution in [0.5, 0.6) is 0 Å². The third-order valence-corrected chi connectivity index (χ3v) is 4.44. The first kappa shape index (κ1) is 11.8. The molecule has 2 aliphatic rings. The number of carbonyl (C=O) groups is 1. The van der Waals surface area contributed by atoms with E-state index in [2.05, 4.69) is 10.2 Å². The number of fused-ring (bicyclic) bond motifs is 1. The minimum absolute atomic E-state index is 0.160. The Bertz CT molecular complexity index is 495. The molecule has 96 valence electrons. The van der Waals surface area contributed by atoms with Crippen LogP contribution >= 0.6 is 11.6 Å². The van der Waals surface area contributed by atoms with Gasteiger partial charge in [-0.3, -0.25) is 4.79 Å². The predicted molar refractivity (Wildman–Crippen MR) is 74.3 cm³/mol. The van der Waals surface area contributed by atoms with Crippen LogP contribution in [0.2, 0.25) is 5.02 Å². The fourth-order valence-electron chi connectivity index (χ4n) is 3.24. The van der Waals surface area contributed by atoms with Gasteiger partial charge in [0.05, 0.1) is 16.8 Å². The Kier molecular flexibility index (Phi) is 2.74. The molecule has 0 aromatic heterocycles. The van der Waals surface area contributed by atoms with Gasteiger partial charge in [-0.1, -0.05) is 24.4 Å². The first-order valence-corrected chi connectivity index (χ1v) is 6.81. The van der Waals surface area contributed by atoms with Crippen molar-refractivity contribution in [3.8, 4) is 0 Å². The van der Waals surface area contributed by atoms with Crippen molar-refractivity contribution in [3.05, 3.63) is 23.2 Å². The fourth-order valence-corrected chi connectivity index (χ4v) is 3.42. The lowest BCUT2D eigenvalue weighted by Gasteiger charge is -2.29. The largest absolute Gasteiger partial charge is 0.372 e. The summed E-state index contributed by atoms with van der Waals surface area (Å²) in [5.74, 6) is 0.160. The van der Waals surface area contributed by atoms with Crippen LogP contribution in [0, 0.1) is 5.41 Å². The zero-order chi connectivity index (χ0) is 12.8. The number of nitrogens with zero attached hydrogens (tertiary/aromatic N) is 1.